The lowest BCUT2D eigenvalue weighted by molar-refractivity contribution is -0.124. The summed E-state index contributed by atoms with van der Waals surface area (Å²) in [5.74, 6) is -0.900. The molecule has 1 aromatic heterocycles. The van der Waals surface area contributed by atoms with Crippen LogP contribution in [0.15, 0.2) is 39.6 Å². The number of halogens is 2. The fourth-order valence-electron chi connectivity index (χ4n) is 3.32. The third-order valence-electron chi connectivity index (χ3n) is 4.58. The molecule has 29 heavy (non-hydrogen) atoms. The second kappa shape index (κ2) is 8.26. The smallest absolute Gasteiger partial charge is 0.267 e. The number of hydrogen-bond donors (Lipinski definition) is 2. The van der Waals surface area contributed by atoms with Crippen molar-refractivity contribution in [2.45, 2.75) is 27.2 Å². The van der Waals surface area contributed by atoms with E-state index in [1.807, 2.05) is 32.9 Å². The number of nitrogens with zero attached hydrogens (tertiary/aromatic N) is 2. The Labute approximate surface area is 174 Å². The first kappa shape index (κ1) is 20.9. The summed E-state index contributed by atoms with van der Waals surface area (Å²) in [6.45, 7) is 5.71. The first-order valence-electron chi connectivity index (χ1n) is 8.91. The summed E-state index contributed by atoms with van der Waals surface area (Å²) in [5.41, 5.74) is 3.95. The Bertz CT molecular complexity index is 1190. The van der Waals surface area contributed by atoms with Gasteiger partial charge >= 0.3 is 0 Å². The number of amides is 1. The second-order valence-corrected chi connectivity index (χ2v) is 7.53. The molecule has 0 radical (unpaired) electrons. The van der Waals surface area contributed by atoms with Crippen LogP contribution >= 0.6 is 15.9 Å². The van der Waals surface area contributed by atoms with Gasteiger partial charge in [-0.1, -0.05) is 22.9 Å². The molecule has 8 heteroatoms. The molecule has 3 aromatic rings. The zero-order valence-electron chi connectivity index (χ0n) is 16.1. The summed E-state index contributed by atoms with van der Waals surface area (Å²) in [6.07, 6.45) is 2.65. The van der Waals surface area contributed by atoms with Crippen LogP contribution in [-0.2, 0) is 11.2 Å². The highest BCUT2D eigenvalue weighted by molar-refractivity contribution is 9.10. The van der Waals surface area contributed by atoms with Gasteiger partial charge in [0.2, 0.25) is 0 Å². The summed E-state index contributed by atoms with van der Waals surface area (Å²) < 4.78 is 16.9. The molecule has 6 nitrogen and oxygen atoms in total. The molecule has 0 unspecified atom stereocenters. The van der Waals surface area contributed by atoms with Gasteiger partial charge in [0.25, 0.3) is 11.5 Å². The van der Waals surface area contributed by atoms with E-state index in [-0.39, 0.29) is 22.0 Å². The molecular formula is C21H19BrFN3O3. The number of hydrogen-bond acceptors (Lipinski definition) is 4. The Morgan fingerprint density at radius 2 is 1.93 bits per heavy atom. The Morgan fingerprint density at radius 1 is 1.28 bits per heavy atom. The zero-order valence-corrected chi connectivity index (χ0v) is 17.7. The van der Waals surface area contributed by atoms with Crippen LogP contribution in [0.25, 0.3) is 22.7 Å². The molecule has 0 saturated carbocycles. The first-order chi connectivity index (χ1) is 13.8. The molecule has 1 heterocycles. The zero-order chi connectivity index (χ0) is 21.3. The van der Waals surface area contributed by atoms with Gasteiger partial charge in [-0.05, 0) is 49.2 Å². The van der Waals surface area contributed by atoms with Crippen LogP contribution in [0.3, 0.4) is 0 Å². The lowest BCUT2D eigenvalue weighted by atomic mass is 10.1. The van der Waals surface area contributed by atoms with Gasteiger partial charge in [-0.2, -0.15) is 0 Å². The van der Waals surface area contributed by atoms with Crippen molar-refractivity contribution in [3.63, 3.8) is 0 Å². The molecule has 0 aliphatic heterocycles. The minimum atomic E-state index is -0.803. The third-order valence-corrected chi connectivity index (χ3v) is 5.03. The minimum Gasteiger partial charge on any atom is -0.288 e. The van der Waals surface area contributed by atoms with Crippen LogP contribution < -0.4 is 11.0 Å². The number of nitrogens with one attached hydrogen (secondary N) is 1. The van der Waals surface area contributed by atoms with E-state index in [4.69, 9.17) is 5.21 Å². The standard InChI is InChI=1S/C21H19BrFN3O3/c1-4-18-24-17-10-16(23)13(5-6-19(27)25-29)9-15(17)21(28)26(18)20-11(2)7-14(22)8-12(20)3/h5-10,29H,4H2,1-3H3,(H,25,27)/b6-5+. The van der Waals surface area contributed by atoms with Crippen LogP contribution in [0, 0.1) is 19.7 Å². The van der Waals surface area contributed by atoms with Crippen molar-refractivity contribution in [2.24, 2.45) is 0 Å². The summed E-state index contributed by atoms with van der Waals surface area (Å²) in [5, 5.41) is 8.81. The van der Waals surface area contributed by atoms with Crippen LogP contribution in [0.5, 0.6) is 0 Å². The van der Waals surface area contributed by atoms with Crippen molar-refractivity contribution in [1.29, 1.82) is 0 Å². The minimum absolute atomic E-state index is 0.0417. The molecule has 0 atom stereocenters. The Hall–Kier alpha value is -2.84. The van der Waals surface area contributed by atoms with Gasteiger partial charge in [0.15, 0.2) is 0 Å². The number of rotatable bonds is 4. The predicted octanol–water partition coefficient (Wildman–Crippen LogP) is 3.99. The molecule has 0 aliphatic rings. The Morgan fingerprint density at radius 3 is 2.52 bits per heavy atom. The average molecular weight is 460 g/mol. The van der Waals surface area contributed by atoms with Gasteiger partial charge in [0.05, 0.1) is 16.6 Å². The summed E-state index contributed by atoms with van der Waals surface area (Å²) in [7, 11) is 0. The van der Waals surface area contributed by atoms with Crippen molar-refractivity contribution in [3.8, 4) is 5.69 Å². The number of carbonyl (C=O) groups excluding carboxylic acids is 1. The van der Waals surface area contributed by atoms with Crippen molar-refractivity contribution in [2.75, 3.05) is 0 Å². The van der Waals surface area contributed by atoms with Crippen LogP contribution in [0.4, 0.5) is 4.39 Å². The molecule has 0 bridgehead atoms. The van der Waals surface area contributed by atoms with E-state index in [1.54, 1.807) is 4.57 Å². The lowest BCUT2D eigenvalue weighted by Crippen LogP contribution is -2.25. The van der Waals surface area contributed by atoms with Crippen molar-refractivity contribution in [3.05, 3.63) is 73.5 Å². The van der Waals surface area contributed by atoms with Gasteiger partial charge in [-0.3, -0.25) is 19.4 Å². The molecule has 0 fully saturated rings. The number of hydroxylamine groups is 1. The SMILES string of the molecule is CCc1nc2cc(F)c(/C=C/C(=O)NO)cc2c(=O)n1-c1c(C)cc(Br)cc1C. The Kier molecular flexibility index (Phi) is 5.95. The van der Waals surface area contributed by atoms with Crippen LogP contribution in [0.1, 0.15) is 29.4 Å². The highest BCUT2D eigenvalue weighted by atomic mass is 79.9. The average Bonchev–Trinajstić information content (AvgIpc) is 2.67. The third kappa shape index (κ3) is 3.99. The summed E-state index contributed by atoms with van der Waals surface area (Å²) in [4.78, 5) is 29.1. The monoisotopic (exact) mass is 459 g/mol. The molecule has 1 amide bonds. The van der Waals surface area contributed by atoms with E-state index in [0.29, 0.717) is 12.2 Å². The molecule has 2 N–H and O–H groups in total. The van der Waals surface area contributed by atoms with E-state index >= 15 is 0 Å². The van der Waals surface area contributed by atoms with Crippen molar-refractivity contribution >= 4 is 38.8 Å². The van der Waals surface area contributed by atoms with Crippen molar-refractivity contribution in [1.82, 2.24) is 15.0 Å². The fourth-order valence-corrected chi connectivity index (χ4v) is 4.01. The highest BCUT2D eigenvalue weighted by Crippen LogP contribution is 2.25. The van der Waals surface area contributed by atoms with E-state index < -0.39 is 11.7 Å². The number of carbonyl (C=O) groups is 1. The van der Waals surface area contributed by atoms with E-state index in [9.17, 15) is 14.0 Å². The number of aryl methyl sites for hydroxylation is 3. The maximum absolute atomic E-state index is 14.4. The quantitative estimate of drug-likeness (QED) is 0.351. The van der Waals surface area contributed by atoms with Crippen LogP contribution in [0.2, 0.25) is 0 Å². The number of aromatic nitrogens is 2. The van der Waals surface area contributed by atoms with E-state index in [1.165, 1.54) is 23.7 Å². The van der Waals surface area contributed by atoms with E-state index in [0.717, 1.165) is 27.4 Å². The van der Waals surface area contributed by atoms with Gasteiger partial charge in [-0.25, -0.2) is 14.9 Å². The molecule has 3 rings (SSSR count). The van der Waals surface area contributed by atoms with Gasteiger partial charge < -0.3 is 0 Å². The number of benzene rings is 2. The maximum atomic E-state index is 14.4. The lowest BCUT2D eigenvalue weighted by Gasteiger charge is -2.17. The van der Waals surface area contributed by atoms with Gasteiger partial charge in [-0.15, -0.1) is 0 Å². The van der Waals surface area contributed by atoms with Crippen molar-refractivity contribution < 1.29 is 14.4 Å². The Balaban J connectivity index is 2.34. The molecule has 150 valence electrons. The summed E-state index contributed by atoms with van der Waals surface area (Å²) in [6, 6.07) is 6.38. The molecule has 0 spiro atoms. The largest absolute Gasteiger partial charge is 0.288 e. The van der Waals surface area contributed by atoms with Crippen LogP contribution in [-0.4, -0.2) is 20.7 Å². The fraction of sp³-hybridized carbons (Fsp3) is 0.190. The van der Waals surface area contributed by atoms with Gasteiger partial charge in [0, 0.05) is 28.6 Å². The first-order valence-corrected chi connectivity index (χ1v) is 9.70. The molecule has 0 saturated heterocycles. The maximum Gasteiger partial charge on any atom is 0.267 e. The topological polar surface area (TPSA) is 84.2 Å². The highest BCUT2D eigenvalue weighted by Gasteiger charge is 2.17. The number of fused-ring (bicyclic) bond motifs is 1. The van der Waals surface area contributed by atoms with E-state index in [2.05, 4.69) is 20.9 Å². The summed E-state index contributed by atoms with van der Waals surface area (Å²) >= 11 is 3.46. The predicted molar refractivity (Wildman–Crippen MR) is 113 cm³/mol. The molecule has 2 aromatic carbocycles. The normalized spacial score (nSPS) is 11.4. The second-order valence-electron chi connectivity index (χ2n) is 6.61. The molecular weight excluding hydrogens is 441 g/mol. The molecule has 0 aliphatic carbocycles. The van der Waals surface area contributed by atoms with Gasteiger partial charge in [0.1, 0.15) is 11.6 Å².